The van der Waals surface area contributed by atoms with Gasteiger partial charge in [0.05, 0.1) is 11.6 Å². The first kappa shape index (κ1) is 16.9. The highest BCUT2D eigenvalue weighted by molar-refractivity contribution is 5.97. The Morgan fingerprint density at radius 1 is 1.38 bits per heavy atom. The molecule has 1 aliphatic heterocycles. The van der Waals surface area contributed by atoms with E-state index in [2.05, 4.69) is 22.1 Å². The van der Waals surface area contributed by atoms with E-state index in [1.165, 1.54) is 12.8 Å². The van der Waals surface area contributed by atoms with E-state index in [9.17, 15) is 9.90 Å². The van der Waals surface area contributed by atoms with E-state index in [1.54, 1.807) is 12.3 Å². The van der Waals surface area contributed by atoms with Crippen molar-refractivity contribution in [3.8, 4) is 0 Å². The molecule has 0 bridgehead atoms. The van der Waals surface area contributed by atoms with Gasteiger partial charge in [0.25, 0.3) is 5.91 Å². The van der Waals surface area contributed by atoms with Crippen LogP contribution in [0.5, 0.6) is 0 Å². The van der Waals surface area contributed by atoms with Crippen LogP contribution in [0.3, 0.4) is 0 Å². The predicted molar refractivity (Wildman–Crippen MR) is 94.9 cm³/mol. The number of benzene rings is 1. The first-order chi connectivity index (χ1) is 11.6. The van der Waals surface area contributed by atoms with Crippen molar-refractivity contribution in [3.05, 3.63) is 42.1 Å². The number of hydrogen-bond acceptors (Lipinski definition) is 4. The third-order valence-corrected chi connectivity index (χ3v) is 4.71. The number of rotatable bonds is 5. The van der Waals surface area contributed by atoms with Crippen LogP contribution in [0.4, 0.5) is 0 Å². The van der Waals surface area contributed by atoms with Crippen molar-refractivity contribution in [2.75, 3.05) is 26.2 Å². The van der Waals surface area contributed by atoms with E-state index in [0.717, 1.165) is 29.9 Å². The fraction of sp³-hybridized carbons (Fsp3) is 0.474. The highest BCUT2D eigenvalue weighted by Crippen LogP contribution is 2.16. The van der Waals surface area contributed by atoms with Gasteiger partial charge < -0.3 is 15.3 Å². The summed E-state index contributed by atoms with van der Waals surface area (Å²) in [5, 5.41) is 13.9. The molecule has 128 valence electrons. The molecule has 0 aliphatic carbocycles. The summed E-state index contributed by atoms with van der Waals surface area (Å²) in [5.74, 6) is 0.618. The number of nitrogens with one attached hydrogen (secondary N) is 1. The predicted octanol–water partition coefficient (Wildman–Crippen LogP) is 2.06. The summed E-state index contributed by atoms with van der Waals surface area (Å²) in [6, 6.07) is 9.23. The number of amides is 1. The van der Waals surface area contributed by atoms with Gasteiger partial charge >= 0.3 is 0 Å². The maximum Gasteiger partial charge on any atom is 0.251 e. The minimum absolute atomic E-state index is 0.160. The molecule has 1 unspecified atom stereocenters. The Morgan fingerprint density at radius 3 is 2.96 bits per heavy atom. The maximum absolute atomic E-state index is 12.3. The number of pyridine rings is 1. The van der Waals surface area contributed by atoms with Gasteiger partial charge in [0.1, 0.15) is 0 Å². The van der Waals surface area contributed by atoms with Gasteiger partial charge in [-0.2, -0.15) is 0 Å². The number of likely N-dealkylation sites (tertiary alicyclic amines) is 1. The van der Waals surface area contributed by atoms with Gasteiger partial charge in [-0.1, -0.05) is 13.0 Å². The van der Waals surface area contributed by atoms with Crippen LogP contribution >= 0.6 is 0 Å². The SMILES string of the molecule is CC1CCN(CC(O)CNC(=O)c2ccc3ncccc3c2)CC1. The number of carbonyl (C=O) groups excluding carboxylic acids is 1. The van der Waals surface area contributed by atoms with Crippen LogP contribution in [0.2, 0.25) is 0 Å². The molecule has 1 fully saturated rings. The molecule has 0 spiro atoms. The summed E-state index contributed by atoms with van der Waals surface area (Å²) in [5.41, 5.74) is 1.46. The van der Waals surface area contributed by atoms with Crippen LogP contribution in [-0.4, -0.2) is 53.2 Å². The Bertz CT molecular complexity index is 696. The third-order valence-electron chi connectivity index (χ3n) is 4.71. The van der Waals surface area contributed by atoms with Crippen LogP contribution in [-0.2, 0) is 0 Å². The lowest BCUT2D eigenvalue weighted by Crippen LogP contribution is -2.43. The molecule has 24 heavy (non-hydrogen) atoms. The molecule has 2 heterocycles. The Labute approximate surface area is 142 Å². The number of aliphatic hydroxyl groups is 1. The van der Waals surface area contributed by atoms with Crippen molar-refractivity contribution in [1.29, 1.82) is 0 Å². The third kappa shape index (κ3) is 4.30. The fourth-order valence-electron chi connectivity index (χ4n) is 3.14. The van der Waals surface area contributed by atoms with E-state index in [0.29, 0.717) is 12.1 Å². The number of nitrogens with zero attached hydrogens (tertiary/aromatic N) is 2. The number of aromatic nitrogens is 1. The average Bonchev–Trinajstić information content (AvgIpc) is 2.61. The molecule has 0 saturated carbocycles. The molecule has 1 amide bonds. The van der Waals surface area contributed by atoms with E-state index in [1.807, 2.05) is 24.3 Å². The molecule has 5 heteroatoms. The van der Waals surface area contributed by atoms with Gasteiger partial charge in [-0.25, -0.2) is 0 Å². The van der Waals surface area contributed by atoms with Crippen LogP contribution in [0.25, 0.3) is 10.9 Å². The minimum Gasteiger partial charge on any atom is -0.390 e. The summed E-state index contributed by atoms with van der Waals surface area (Å²) >= 11 is 0. The molecule has 1 aliphatic rings. The standard InChI is InChI=1S/C19H25N3O2/c1-14-6-9-22(10-7-14)13-17(23)12-21-19(24)16-4-5-18-15(11-16)3-2-8-20-18/h2-5,8,11,14,17,23H,6-7,9-10,12-13H2,1H3,(H,21,24). The number of piperidine rings is 1. The van der Waals surface area contributed by atoms with Crippen LogP contribution in [0, 0.1) is 5.92 Å². The molecule has 1 saturated heterocycles. The van der Waals surface area contributed by atoms with Crippen molar-refractivity contribution in [3.63, 3.8) is 0 Å². The topological polar surface area (TPSA) is 65.5 Å². The van der Waals surface area contributed by atoms with Gasteiger partial charge in [-0.05, 0) is 56.1 Å². The zero-order chi connectivity index (χ0) is 16.9. The Hall–Kier alpha value is -1.98. The lowest BCUT2D eigenvalue weighted by molar-refractivity contribution is 0.0795. The van der Waals surface area contributed by atoms with Gasteiger partial charge in [0.15, 0.2) is 0 Å². The highest BCUT2D eigenvalue weighted by atomic mass is 16.3. The molecule has 5 nitrogen and oxygen atoms in total. The van der Waals surface area contributed by atoms with E-state index >= 15 is 0 Å². The Kier molecular flexibility index (Phi) is 5.43. The van der Waals surface area contributed by atoms with Crippen molar-refractivity contribution in [2.45, 2.75) is 25.9 Å². The quantitative estimate of drug-likeness (QED) is 0.882. The number of carbonyl (C=O) groups is 1. The minimum atomic E-state index is -0.538. The molecule has 1 atom stereocenters. The van der Waals surface area contributed by atoms with E-state index in [4.69, 9.17) is 0 Å². The second-order valence-corrected chi connectivity index (χ2v) is 6.76. The maximum atomic E-state index is 12.3. The molecule has 2 aromatic rings. The summed E-state index contributed by atoms with van der Waals surface area (Å²) in [6.45, 7) is 5.23. The zero-order valence-electron chi connectivity index (χ0n) is 14.1. The van der Waals surface area contributed by atoms with Gasteiger partial charge in [0, 0.05) is 30.2 Å². The van der Waals surface area contributed by atoms with Crippen LogP contribution < -0.4 is 5.32 Å². The summed E-state index contributed by atoms with van der Waals surface area (Å²) in [4.78, 5) is 18.8. The van der Waals surface area contributed by atoms with Crippen molar-refractivity contribution in [2.24, 2.45) is 5.92 Å². The molecule has 2 N–H and O–H groups in total. The van der Waals surface area contributed by atoms with Crippen LogP contribution in [0.1, 0.15) is 30.1 Å². The number of aliphatic hydroxyl groups excluding tert-OH is 1. The highest BCUT2D eigenvalue weighted by Gasteiger charge is 2.18. The fourth-order valence-corrected chi connectivity index (χ4v) is 3.14. The normalized spacial score (nSPS) is 17.8. The summed E-state index contributed by atoms with van der Waals surface area (Å²) in [7, 11) is 0. The molecule has 1 aromatic heterocycles. The smallest absolute Gasteiger partial charge is 0.251 e. The molecular formula is C19H25N3O2. The second kappa shape index (κ2) is 7.73. The molecule has 3 rings (SSSR count). The van der Waals surface area contributed by atoms with E-state index in [-0.39, 0.29) is 12.5 Å². The average molecular weight is 327 g/mol. The molecule has 1 aromatic carbocycles. The summed E-state index contributed by atoms with van der Waals surface area (Å²) < 4.78 is 0. The van der Waals surface area contributed by atoms with Gasteiger partial charge in [-0.15, -0.1) is 0 Å². The number of hydrogen-bond donors (Lipinski definition) is 2. The zero-order valence-corrected chi connectivity index (χ0v) is 14.1. The molecule has 0 radical (unpaired) electrons. The number of β-amino-alcohol motifs (C(OH)–C–C–N with tert-alkyl or cyclic N) is 1. The summed E-state index contributed by atoms with van der Waals surface area (Å²) in [6.07, 6.45) is 3.57. The van der Waals surface area contributed by atoms with E-state index < -0.39 is 6.10 Å². The molecular weight excluding hydrogens is 302 g/mol. The Balaban J connectivity index is 1.50. The largest absolute Gasteiger partial charge is 0.390 e. The lowest BCUT2D eigenvalue weighted by atomic mass is 9.99. The van der Waals surface area contributed by atoms with Crippen molar-refractivity contribution in [1.82, 2.24) is 15.2 Å². The van der Waals surface area contributed by atoms with Crippen LogP contribution in [0.15, 0.2) is 36.5 Å². The first-order valence-corrected chi connectivity index (χ1v) is 8.65. The van der Waals surface area contributed by atoms with Gasteiger partial charge in [0.2, 0.25) is 0 Å². The monoisotopic (exact) mass is 327 g/mol. The first-order valence-electron chi connectivity index (χ1n) is 8.65. The lowest BCUT2D eigenvalue weighted by Gasteiger charge is -2.31. The van der Waals surface area contributed by atoms with Crippen molar-refractivity contribution >= 4 is 16.8 Å². The second-order valence-electron chi connectivity index (χ2n) is 6.76. The Morgan fingerprint density at radius 2 is 2.17 bits per heavy atom. The van der Waals surface area contributed by atoms with Gasteiger partial charge in [-0.3, -0.25) is 9.78 Å². The van der Waals surface area contributed by atoms with Crippen molar-refractivity contribution < 1.29 is 9.90 Å². The number of fused-ring (bicyclic) bond motifs is 1.